The molecule has 6 aliphatic heterocycles. The molecule has 6 heterocycles. The van der Waals surface area contributed by atoms with Gasteiger partial charge < -0.3 is 45.8 Å². The molecule has 344 valence electrons. The molecule has 0 aromatic rings. The van der Waals surface area contributed by atoms with Gasteiger partial charge in [0.15, 0.2) is 0 Å². The Kier molecular flexibility index (Phi) is 12.7. The van der Waals surface area contributed by atoms with Crippen LogP contribution in [0.15, 0.2) is 61.6 Å². The number of carboxylic acid groups (broad SMARTS) is 7. The summed E-state index contributed by atoms with van der Waals surface area (Å²) in [6, 6.07) is 0. The van der Waals surface area contributed by atoms with E-state index in [0.29, 0.717) is 5.57 Å². The highest BCUT2D eigenvalue weighted by atomic mass is 16.5. The molecule has 6 rings (SSSR count). The van der Waals surface area contributed by atoms with Gasteiger partial charge in [-0.15, -0.1) is 0 Å². The monoisotopic (exact) mass is 892 g/mol. The number of carboxylic acids is 7. The zero-order valence-electron chi connectivity index (χ0n) is 35.8. The molecular formula is C44H52N4O16. The first kappa shape index (κ1) is 47.0. The van der Waals surface area contributed by atoms with Crippen LogP contribution in [0, 0.1) is 39.9 Å². The number of hydrogen-bond donors (Lipinski definition) is 8. The Morgan fingerprint density at radius 3 is 1.86 bits per heavy atom. The van der Waals surface area contributed by atoms with E-state index >= 15 is 0 Å². The van der Waals surface area contributed by atoms with E-state index in [2.05, 4.69) is 5.32 Å². The third-order valence-electron chi connectivity index (χ3n) is 14.3. The second-order valence-electron chi connectivity index (χ2n) is 18.2. The highest BCUT2D eigenvalue weighted by molar-refractivity contribution is 6.12. The predicted molar refractivity (Wildman–Crippen MR) is 222 cm³/mol. The minimum absolute atomic E-state index is 0.104. The quantitative estimate of drug-likeness (QED) is 0.0888. The van der Waals surface area contributed by atoms with E-state index in [1.165, 1.54) is 18.2 Å². The number of rotatable bonds is 18. The van der Waals surface area contributed by atoms with Crippen LogP contribution in [0.2, 0.25) is 0 Å². The first-order chi connectivity index (χ1) is 29.9. The summed E-state index contributed by atoms with van der Waals surface area (Å²) in [4.78, 5) is 116. The van der Waals surface area contributed by atoms with Crippen molar-refractivity contribution in [2.24, 2.45) is 54.9 Å². The standard InChI is InChI=1S/C44H52N4O16/c1-20-44-40-25(14-37(59)60)41(2,12-11-35(55)56)30(47-40)16-27-21(5-8-32(49)50)22(13-36(57)58)26(45-27)15-28-23(6-9-33(51)52)42(3,18-38(61)62)31(46-28)17-29(48-44)24(7-10-34(53)54)43(44,4)19-39(63)64-20/h15-17,20,22-25,45H,5-14,18-19H2,1-4H3,(H,49,50)(H,51,52)(H,53,54)(H,55,56)(H,57,58)(H,59,60)(H,61,62)/b26-15?,30-16-,31-17-/t20?,22?,23-,24-,25?,41-,42+,43+,44?/m1/s1. The number of aliphatic carboxylic acids is 7. The van der Waals surface area contributed by atoms with E-state index in [9.17, 15) is 74.1 Å². The van der Waals surface area contributed by atoms with Crippen LogP contribution in [0.5, 0.6) is 0 Å². The summed E-state index contributed by atoms with van der Waals surface area (Å²) in [5.74, 6) is -13.3. The number of ether oxygens (including phenoxy) is 1. The maximum atomic E-state index is 13.6. The molecule has 0 aliphatic carbocycles. The number of carbonyl (C=O) groups excluding carboxylic acids is 1. The molecule has 0 saturated carbocycles. The topological polar surface area (TPSA) is 337 Å². The summed E-state index contributed by atoms with van der Waals surface area (Å²) in [6.45, 7) is 6.49. The van der Waals surface area contributed by atoms with Gasteiger partial charge in [0, 0.05) is 99.8 Å². The van der Waals surface area contributed by atoms with Crippen molar-refractivity contribution in [3.63, 3.8) is 0 Å². The summed E-state index contributed by atoms with van der Waals surface area (Å²) in [5, 5.41) is 74.1. The Morgan fingerprint density at radius 1 is 0.688 bits per heavy atom. The number of esters is 1. The lowest BCUT2D eigenvalue weighted by Gasteiger charge is -2.52. The molecular weight excluding hydrogens is 840 g/mol. The molecule has 0 amide bonds. The minimum Gasteiger partial charge on any atom is -0.481 e. The molecule has 20 heteroatoms. The van der Waals surface area contributed by atoms with E-state index in [1.807, 2.05) is 0 Å². The Bertz CT molecular complexity index is 2340. The van der Waals surface area contributed by atoms with E-state index in [0.717, 1.165) is 0 Å². The molecule has 1 fully saturated rings. The van der Waals surface area contributed by atoms with Crippen molar-refractivity contribution in [2.45, 2.75) is 116 Å². The molecule has 20 nitrogen and oxygen atoms in total. The SMILES string of the molecule is CC1OC(=O)C[C@@]2(C)[C@H](CCC(=O)O)C3=NC12C1=N/C(=C\C2=C(CCC(=O)O)C(CC(=O)O)C(=CC4=N/C(=C\3)[C@@](C)(CC(=O)O)[C@@H]4CCC(=O)O)N2)[C@](C)(CCC(=O)O)C1CC(=O)O. The molecule has 9 atom stereocenters. The largest absolute Gasteiger partial charge is 0.481 e. The molecule has 1 saturated heterocycles. The third kappa shape index (κ3) is 8.36. The summed E-state index contributed by atoms with van der Waals surface area (Å²) in [5.41, 5.74) is -4.67. The second kappa shape index (κ2) is 17.2. The molecule has 0 aromatic heterocycles. The van der Waals surface area contributed by atoms with Crippen LogP contribution in [0.1, 0.15) is 105 Å². The fourth-order valence-electron chi connectivity index (χ4n) is 11.2. The van der Waals surface area contributed by atoms with Crippen LogP contribution in [0.4, 0.5) is 0 Å². The number of fused-ring (bicyclic) bond motifs is 4. The zero-order chi connectivity index (χ0) is 47.3. The number of allylic oxidation sites excluding steroid dienone is 6. The van der Waals surface area contributed by atoms with Gasteiger partial charge in [0.2, 0.25) is 0 Å². The van der Waals surface area contributed by atoms with E-state index in [4.69, 9.17) is 19.7 Å². The lowest BCUT2D eigenvalue weighted by atomic mass is 9.54. The summed E-state index contributed by atoms with van der Waals surface area (Å²) < 4.78 is 5.95. The Labute approximate surface area is 366 Å². The van der Waals surface area contributed by atoms with Crippen LogP contribution >= 0.6 is 0 Å². The average Bonchev–Trinajstić information content (AvgIpc) is 3.78. The van der Waals surface area contributed by atoms with Gasteiger partial charge in [0.25, 0.3) is 0 Å². The fourth-order valence-corrected chi connectivity index (χ4v) is 11.2. The summed E-state index contributed by atoms with van der Waals surface area (Å²) >= 11 is 0. The minimum atomic E-state index is -1.76. The molecule has 0 aromatic carbocycles. The van der Waals surface area contributed by atoms with Gasteiger partial charge in [0.1, 0.15) is 11.6 Å². The summed E-state index contributed by atoms with van der Waals surface area (Å²) in [6.07, 6.45) is -1.22. The number of carbonyl (C=O) groups is 8. The van der Waals surface area contributed by atoms with Crippen LogP contribution in [-0.4, -0.2) is 112 Å². The second-order valence-corrected chi connectivity index (χ2v) is 18.2. The van der Waals surface area contributed by atoms with Crippen LogP contribution in [-0.2, 0) is 43.1 Å². The smallest absolute Gasteiger partial charge is 0.306 e. The third-order valence-corrected chi connectivity index (χ3v) is 14.3. The number of hydrogen-bond acceptors (Lipinski definition) is 13. The zero-order valence-corrected chi connectivity index (χ0v) is 35.8. The molecule has 0 radical (unpaired) electrons. The van der Waals surface area contributed by atoms with Crippen LogP contribution in [0.3, 0.4) is 0 Å². The molecule has 8 N–H and O–H groups in total. The Morgan fingerprint density at radius 2 is 1.28 bits per heavy atom. The predicted octanol–water partition coefficient (Wildman–Crippen LogP) is 4.31. The number of nitrogens with one attached hydrogen (secondary N) is 1. The Hall–Kier alpha value is -6.47. The van der Waals surface area contributed by atoms with E-state index in [1.54, 1.807) is 27.7 Å². The van der Waals surface area contributed by atoms with Crippen molar-refractivity contribution in [3.8, 4) is 0 Å². The molecule has 8 bridgehead atoms. The molecule has 6 aliphatic rings. The first-order valence-electron chi connectivity index (χ1n) is 21.0. The van der Waals surface area contributed by atoms with Gasteiger partial charge in [-0.3, -0.25) is 53.3 Å². The van der Waals surface area contributed by atoms with Gasteiger partial charge in [-0.25, -0.2) is 0 Å². The Balaban J connectivity index is 1.80. The fraction of sp³-hybridized carbons (Fsp3) is 0.568. The van der Waals surface area contributed by atoms with Crippen molar-refractivity contribution < 1.29 is 78.8 Å². The van der Waals surface area contributed by atoms with Crippen molar-refractivity contribution in [1.29, 1.82) is 0 Å². The van der Waals surface area contributed by atoms with E-state index < -0.39 is 144 Å². The number of nitrogens with zero attached hydrogens (tertiary/aromatic N) is 3. The van der Waals surface area contributed by atoms with Gasteiger partial charge in [-0.05, 0) is 56.4 Å². The highest BCUT2D eigenvalue weighted by Gasteiger charge is 2.70. The van der Waals surface area contributed by atoms with Crippen LogP contribution in [0.25, 0.3) is 0 Å². The average molecular weight is 893 g/mol. The number of aliphatic imine (C=N–C) groups is 3. The normalized spacial score (nSPS) is 34.2. The van der Waals surface area contributed by atoms with Crippen LogP contribution < -0.4 is 5.32 Å². The highest BCUT2D eigenvalue weighted by Crippen LogP contribution is 2.63. The van der Waals surface area contributed by atoms with Gasteiger partial charge in [-0.1, -0.05) is 20.8 Å². The molecule has 1 spiro atoms. The van der Waals surface area contributed by atoms with Crippen molar-refractivity contribution in [2.75, 3.05) is 0 Å². The summed E-state index contributed by atoms with van der Waals surface area (Å²) in [7, 11) is 0. The van der Waals surface area contributed by atoms with Crippen molar-refractivity contribution in [3.05, 3.63) is 46.6 Å². The van der Waals surface area contributed by atoms with Gasteiger partial charge >= 0.3 is 47.8 Å². The maximum absolute atomic E-state index is 13.6. The van der Waals surface area contributed by atoms with E-state index in [-0.39, 0.29) is 72.0 Å². The van der Waals surface area contributed by atoms with Crippen molar-refractivity contribution in [1.82, 2.24) is 5.32 Å². The molecule has 64 heavy (non-hydrogen) atoms. The number of cyclic esters (lactones) is 1. The molecule has 4 unspecified atom stereocenters. The maximum Gasteiger partial charge on any atom is 0.306 e. The van der Waals surface area contributed by atoms with Crippen molar-refractivity contribution >= 4 is 64.9 Å². The first-order valence-corrected chi connectivity index (χ1v) is 21.0. The van der Waals surface area contributed by atoms with Gasteiger partial charge in [-0.2, -0.15) is 0 Å². The lowest BCUT2D eigenvalue weighted by Crippen LogP contribution is -2.64. The lowest BCUT2D eigenvalue weighted by molar-refractivity contribution is -0.167. The van der Waals surface area contributed by atoms with Gasteiger partial charge in [0.05, 0.1) is 31.4 Å².